The van der Waals surface area contributed by atoms with Crippen LogP contribution in [0.2, 0.25) is 0 Å². The second-order valence-electron chi connectivity index (χ2n) is 6.75. The van der Waals surface area contributed by atoms with Crippen LogP contribution in [0.5, 0.6) is 5.88 Å². The molecular formula is C21H28N2OS. The Labute approximate surface area is 155 Å². The van der Waals surface area contributed by atoms with Crippen LogP contribution in [-0.4, -0.2) is 41.6 Å². The number of nitrogens with zero attached hydrogens (tertiary/aromatic N) is 2. The maximum atomic E-state index is 5.39. The first-order valence-corrected chi connectivity index (χ1v) is 10.4. The number of hydrogen-bond donors (Lipinski definition) is 0. The molecule has 0 saturated carbocycles. The van der Waals surface area contributed by atoms with E-state index in [0.717, 1.165) is 36.7 Å². The molecule has 134 valence electrons. The minimum absolute atomic E-state index is 0.720. The molecule has 1 aromatic carbocycles. The predicted molar refractivity (Wildman–Crippen MR) is 106 cm³/mol. The van der Waals surface area contributed by atoms with E-state index in [1.165, 1.54) is 30.4 Å². The van der Waals surface area contributed by atoms with Gasteiger partial charge in [-0.2, -0.15) is 11.8 Å². The summed E-state index contributed by atoms with van der Waals surface area (Å²) in [5.74, 6) is 1.57. The Kier molecular flexibility index (Phi) is 6.76. The monoisotopic (exact) mass is 356 g/mol. The van der Waals surface area contributed by atoms with Gasteiger partial charge < -0.3 is 4.74 Å². The SMILES string of the molecule is COc1ncccc1CN1CCC(C(Cc2ccccc2)SC)CC1. The van der Waals surface area contributed by atoms with E-state index in [1.54, 1.807) is 13.3 Å². The molecule has 0 spiro atoms. The van der Waals surface area contributed by atoms with E-state index in [4.69, 9.17) is 4.74 Å². The maximum absolute atomic E-state index is 5.39. The molecule has 1 saturated heterocycles. The first kappa shape index (κ1) is 18.3. The fourth-order valence-electron chi connectivity index (χ4n) is 3.74. The van der Waals surface area contributed by atoms with Gasteiger partial charge in [-0.05, 0) is 56.2 Å². The molecule has 1 aromatic heterocycles. The number of ether oxygens (including phenoxy) is 1. The lowest BCUT2D eigenvalue weighted by Gasteiger charge is -2.35. The third-order valence-corrected chi connectivity index (χ3v) is 6.33. The Morgan fingerprint density at radius 1 is 1.16 bits per heavy atom. The summed E-state index contributed by atoms with van der Waals surface area (Å²) >= 11 is 2.03. The number of aromatic nitrogens is 1. The van der Waals surface area contributed by atoms with E-state index < -0.39 is 0 Å². The number of pyridine rings is 1. The lowest BCUT2D eigenvalue weighted by molar-refractivity contribution is 0.173. The second kappa shape index (κ2) is 9.25. The Hall–Kier alpha value is -1.52. The van der Waals surface area contributed by atoms with Crippen molar-refractivity contribution in [3.63, 3.8) is 0 Å². The molecule has 3 rings (SSSR count). The fourth-order valence-corrected chi connectivity index (χ4v) is 4.76. The zero-order valence-corrected chi connectivity index (χ0v) is 16.0. The van der Waals surface area contributed by atoms with Crippen LogP contribution in [0.25, 0.3) is 0 Å². The van der Waals surface area contributed by atoms with Gasteiger partial charge in [-0.15, -0.1) is 0 Å². The lowest BCUT2D eigenvalue weighted by atomic mass is 9.90. The second-order valence-corrected chi connectivity index (χ2v) is 7.83. The largest absolute Gasteiger partial charge is 0.481 e. The van der Waals surface area contributed by atoms with Gasteiger partial charge in [0.1, 0.15) is 0 Å². The van der Waals surface area contributed by atoms with Gasteiger partial charge in [-0.3, -0.25) is 4.90 Å². The zero-order valence-electron chi connectivity index (χ0n) is 15.2. The Morgan fingerprint density at radius 3 is 2.60 bits per heavy atom. The van der Waals surface area contributed by atoms with Gasteiger partial charge in [0.15, 0.2) is 0 Å². The van der Waals surface area contributed by atoms with Gasteiger partial charge in [-0.1, -0.05) is 36.4 Å². The van der Waals surface area contributed by atoms with Crippen LogP contribution in [0.1, 0.15) is 24.0 Å². The van der Waals surface area contributed by atoms with Crippen LogP contribution in [0, 0.1) is 5.92 Å². The van der Waals surface area contributed by atoms with Gasteiger partial charge in [-0.25, -0.2) is 4.98 Å². The van der Waals surface area contributed by atoms with Crippen LogP contribution < -0.4 is 4.74 Å². The molecule has 1 unspecified atom stereocenters. The van der Waals surface area contributed by atoms with Crippen LogP contribution in [0.15, 0.2) is 48.7 Å². The molecule has 1 aliphatic rings. The predicted octanol–water partition coefficient (Wildman–Crippen LogP) is 4.28. The molecule has 2 heterocycles. The number of hydrogen-bond acceptors (Lipinski definition) is 4. The lowest BCUT2D eigenvalue weighted by Crippen LogP contribution is -2.37. The molecule has 4 heteroatoms. The van der Waals surface area contributed by atoms with Crippen molar-refractivity contribution in [2.45, 2.75) is 31.1 Å². The van der Waals surface area contributed by atoms with Crippen molar-refractivity contribution in [3.8, 4) is 5.88 Å². The fraction of sp³-hybridized carbons (Fsp3) is 0.476. The number of benzene rings is 1. The summed E-state index contributed by atoms with van der Waals surface area (Å²) < 4.78 is 5.39. The van der Waals surface area contributed by atoms with E-state index in [0.29, 0.717) is 0 Å². The molecule has 0 bridgehead atoms. The molecule has 1 fully saturated rings. The minimum atomic E-state index is 0.720. The summed E-state index contributed by atoms with van der Waals surface area (Å²) in [5, 5.41) is 0.720. The molecule has 3 nitrogen and oxygen atoms in total. The number of likely N-dealkylation sites (tertiary alicyclic amines) is 1. The molecule has 2 aromatic rings. The maximum Gasteiger partial charge on any atom is 0.217 e. The molecule has 0 radical (unpaired) electrons. The van der Waals surface area contributed by atoms with E-state index in [2.05, 4.69) is 52.5 Å². The van der Waals surface area contributed by atoms with Crippen molar-refractivity contribution in [2.24, 2.45) is 5.92 Å². The first-order valence-electron chi connectivity index (χ1n) is 9.07. The van der Waals surface area contributed by atoms with Crippen molar-refractivity contribution < 1.29 is 4.74 Å². The Balaban J connectivity index is 1.54. The van der Waals surface area contributed by atoms with Gasteiger partial charge >= 0.3 is 0 Å². The highest BCUT2D eigenvalue weighted by molar-refractivity contribution is 7.99. The van der Waals surface area contributed by atoms with Gasteiger partial charge in [0.05, 0.1) is 7.11 Å². The van der Waals surface area contributed by atoms with Crippen molar-refractivity contribution >= 4 is 11.8 Å². The zero-order chi connectivity index (χ0) is 17.5. The molecular weight excluding hydrogens is 328 g/mol. The quantitative estimate of drug-likeness (QED) is 0.739. The van der Waals surface area contributed by atoms with Gasteiger partial charge in [0.25, 0.3) is 0 Å². The highest BCUT2D eigenvalue weighted by atomic mass is 32.2. The van der Waals surface area contributed by atoms with E-state index in [-0.39, 0.29) is 0 Å². The number of rotatable bonds is 7. The van der Waals surface area contributed by atoms with Crippen molar-refractivity contribution in [2.75, 3.05) is 26.5 Å². The number of thioether (sulfide) groups is 1. The molecule has 1 atom stereocenters. The Bertz CT molecular complexity index is 641. The molecule has 0 amide bonds. The highest BCUT2D eigenvalue weighted by Gasteiger charge is 2.26. The Morgan fingerprint density at radius 2 is 1.92 bits per heavy atom. The topological polar surface area (TPSA) is 25.4 Å². The van der Waals surface area contributed by atoms with Crippen LogP contribution >= 0.6 is 11.8 Å². The standard InChI is InChI=1S/C21H28N2OS/c1-24-21-19(9-6-12-22-21)16-23-13-10-18(11-14-23)20(25-2)15-17-7-4-3-5-8-17/h3-9,12,18,20H,10-11,13-16H2,1-2H3. The van der Waals surface area contributed by atoms with Crippen molar-refractivity contribution in [1.82, 2.24) is 9.88 Å². The summed E-state index contributed by atoms with van der Waals surface area (Å²) in [7, 11) is 1.70. The summed E-state index contributed by atoms with van der Waals surface area (Å²) in [6.07, 6.45) is 7.80. The van der Waals surface area contributed by atoms with Crippen LogP contribution in [0.3, 0.4) is 0 Å². The summed E-state index contributed by atoms with van der Waals surface area (Å²) in [6, 6.07) is 15.0. The summed E-state index contributed by atoms with van der Waals surface area (Å²) in [6.45, 7) is 3.26. The average Bonchev–Trinajstić information content (AvgIpc) is 2.68. The van der Waals surface area contributed by atoms with Gasteiger partial charge in [0, 0.05) is 23.6 Å². The molecule has 1 aliphatic heterocycles. The average molecular weight is 357 g/mol. The third-order valence-electron chi connectivity index (χ3n) is 5.18. The van der Waals surface area contributed by atoms with E-state index in [1.807, 2.05) is 17.8 Å². The summed E-state index contributed by atoms with van der Waals surface area (Å²) in [5.41, 5.74) is 2.65. The van der Waals surface area contributed by atoms with Crippen LogP contribution in [-0.2, 0) is 13.0 Å². The molecule has 0 aliphatic carbocycles. The van der Waals surface area contributed by atoms with Crippen molar-refractivity contribution in [3.05, 3.63) is 59.8 Å². The van der Waals surface area contributed by atoms with Gasteiger partial charge in [0.2, 0.25) is 5.88 Å². The molecule has 0 N–H and O–H groups in total. The first-order chi connectivity index (χ1) is 12.3. The third kappa shape index (κ3) is 4.99. The summed E-state index contributed by atoms with van der Waals surface area (Å²) in [4.78, 5) is 6.85. The van der Waals surface area contributed by atoms with E-state index in [9.17, 15) is 0 Å². The highest BCUT2D eigenvalue weighted by Crippen LogP contribution is 2.31. The minimum Gasteiger partial charge on any atom is -0.481 e. The smallest absolute Gasteiger partial charge is 0.217 e. The van der Waals surface area contributed by atoms with Crippen LogP contribution in [0.4, 0.5) is 0 Å². The molecule has 25 heavy (non-hydrogen) atoms. The normalized spacial score (nSPS) is 17.4. The number of piperidine rings is 1. The number of methoxy groups -OCH3 is 1. The van der Waals surface area contributed by atoms with Crippen molar-refractivity contribution in [1.29, 1.82) is 0 Å². The van der Waals surface area contributed by atoms with E-state index >= 15 is 0 Å².